The van der Waals surface area contributed by atoms with E-state index in [9.17, 15) is 0 Å². The molecule has 166 valence electrons. The number of nitrogens with zero attached hydrogens (tertiary/aromatic N) is 1. The maximum atomic E-state index is 4.32. The van der Waals surface area contributed by atoms with Gasteiger partial charge in [-0.3, -0.25) is 0 Å². The zero-order chi connectivity index (χ0) is 20.8. The van der Waals surface area contributed by atoms with Gasteiger partial charge in [0.05, 0.1) is 0 Å². The van der Waals surface area contributed by atoms with Crippen molar-refractivity contribution in [1.29, 1.82) is 0 Å². The second-order valence-electron chi connectivity index (χ2n) is 10.6. The standard InChI is InChI=1S/C27H44N2Si/c1-30(2,28-23-16-10-8-6-4-3-5-7-9-11-17-23)27-22-26(29-20-14-15-21-29)24-18-12-13-19-25(24)27/h12-13,18-19,22-23,27-28H,3-11,14-17,20-21H2,1-2H3. The van der Waals surface area contributed by atoms with Crippen molar-refractivity contribution in [2.24, 2.45) is 0 Å². The second kappa shape index (κ2) is 10.5. The van der Waals surface area contributed by atoms with Gasteiger partial charge in [0.2, 0.25) is 0 Å². The fourth-order valence-corrected chi connectivity index (χ4v) is 9.22. The summed E-state index contributed by atoms with van der Waals surface area (Å²) in [6, 6.07) is 10.0. The number of benzene rings is 1. The van der Waals surface area contributed by atoms with Gasteiger partial charge in [-0.15, -0.1) is 0 Å². The number of fused-ring (bicyclic) bond motifs is 1. The molecule has 1 saturated heterocycles. The van der Waals surface area contributed by atoms with Crippen LogP contribution in [0.1, 0.15) is 100 Å². The summed E-state index contributed by atoms with van der Waals surface area (Å²) in [4.78, 5) is 6.97. The molecule has 1 heterocycles. The molecule has 3 aliphatic rings. The van der Waals surface area contributed by atoms with Crippen molar-refractivity contribution in [3.63, 3.8) is 0 Å². The molecule has 1 aromatic rings. The molecule has 0 spiro atoms. The van der Waals surface area contributed by atoms with Crippen LogP contribution < -0.4 is 4.98 Å². The molecule has 30 heavy (non-hydrogen) atoms. The molecule has 1 N–H and O–H groups in total. The lowest BCUT2D eigenvalue weighted by Gasteiger charge is -2.35. The van der Waals surface area contributed by atoms with Crippen LogP contribution in [-0.4, -0.2) is 32.3 Å². The van der Waals surface area contributed by atoms with E-state index in [2.05, 4.69) is 53.3 Å². The molecule has 2 fully saturated rings. The summed E-state index contributed by atoms with van der Waals surface area (Å²) >= 11 is 0. The minimum atomic E-state index is -1.65. The van der Waals surface area contributed by atoms with Crippen molar-refractivity contribution in [1.82, 2.24) is 9.88 Å². The Morgan fingerprint density at radius 3 is 1.97 bits per heavy atom. The van der Waals surface area contributed by atoms with Gasteiger partial charge in [0.1, 0.15) is 8.24 Å². The van der Waals surface area contributed by atoms with E-state index in [1.807, 2.05) is 0 Å². The third-order valence-corrected chi connectivity index (χ3v) is 11.0. The van der Waals surface area contributed by atoms with Gasteiger partial charge in [0, 0.05) is 35.9 Å². The predicted octanol–water partition coefficient (Wildman–Crippen LogP) is 7.23. The van der Waals surface area contributed by atoms with Crippen LogP contribution in [0.4, 0.5) is 0 Å². The van der Waals surface area contributed by atoms with E-state index in [1.54, 1.807) is 5.56 Å². The lowest BCUT2D eigenvalue weighted by Crippen LogP contribution is -2.54. The van der Waals surface area contributed by atoms with Gasteiger partial charge < -0.3 is 9.88 Å². The zero-order valence-corrected chi connectivity index (χ0v) is 20.6. The fraction of sp³-hybridized carbons (Fsp3) is 0.704. The van der Waals surface area contributed by atoms with Gasteiger partial charge >= 0.3 is 0 Å². The van der Waals surface area contributed by atoms with Crippen LogP contribution in [0.3, 0.4) is 0 Å². The van der Waals surface area contributed by atoms with Crippen molar-refractivity contribution >= 4 is 13.9 Å². The molecule has 2 nitrogen and oxygen atoms in total. The molecule has 1 unspecified atom stereocenters. The number of hydrogen-bond acceptors (Lipinski definition) is 2. The largest absolute Gasteiger partial charge is 0.371 e. The third-order valence-electron chi connectivity index (χ3n) is 7.80. The van der Waals surface area contributed by atoms with E-state index >= 15 is 0 Å². The van der Waals surface area contributed by atoms with Crippen molar-refractivity contribution in [2.45, 2.75) is 108 Å². The summed E-state index contributed by atoms with van der Waals surface area (Å²) in [5, 5.41) is 0. The first-order chi connectivity index (χ1) is 14.6. The SMILES string of the molecule is C[Si](C)(NC1CCCCCCCCCCC1)C1C=C(N2CCCC2)c2ccccc21. The molecule has 0 aromatic heterocycles. The van der Waals surface area contributed by atoms with E-state index in [4.69, 9.17) is 0 Å². The van der Waals surface area contributed by atoms with Crippen LogP contribution in [0.25, 0.3) is 5.70 Å². The Morgan fingerprint density at radius 1 is 0.767 bits per heavy atom. The third kappa shape index (κ3) is 5.40. The van der Waals surface area contributed by atoms with Crippen molar-refractivity contribution < 1.29 is 0 Å². The van der Waals surface area contributed by atoms with Crippen molar-refractivity contribution in [3.8, 4) is 0 Å². The summed E-state index contributed by atoms with van der Waals surface area (Å²) in [6.07, 6.45) is 21.1. The molecule has 0 amide bonds. The summed E-state index contributed by atoms with van der Waals surface area (Å²) in [5.41, 5.74) is 5.25. The van der Waals surface area contributed by atoms with Gasteiger partial charge in [0.25, 0.3) is 0 Å². The van der Waals surface area contributed by atoms with E-state index in [-0.39, 0.29) is 0 Å². The summed E-state index contributed by atoms with van der Waals surface area (Å²) in [6.45, 7) is 7.66. The molecule has 1 saturated carbocycles. The number of rotatable bonds is 4. The Labute approximate surface area is 186 Å². The van der Waals surface area contributed by atoms with Crippen LogP contribution in [0.15, 0.2) is 30.3 Å². The maximum absolute atomic E-state index is 4.32. The smallest absolute Gasteiger partial charge is 0.131 e. The van der Waals surface area contributed by atoms with Crippen LogP contribution in [0, 0.1) is 0 Å². The number of nitrogens with one attached hydrogen (secondary N) is 1. The van der Waals surface area contributed by atoms with Gasteiger partial charge in [0.15, 0.2) is 0 Å². The van der Waals surface area contributed by atoms with Gasteiger partial charge in [-0.25, -0.2) is 0 Å². The summed E-state index contributed by atoms with van der Waals surface area (Å²) in [7, 11) is -1.65. The topological polar surface area (TPSA) is 15.3 Å². The number of allylic oxidation sites excluding steroid dienone is 1. The molecule has 2 aliphatic carbocycles. The number of likely N-dealkylation sites (tertiary alicyclic amines) is 1. The molecule has 3 heteroatoms. The Balaban J connectivity index is 1.48. The molecule has 1 atom stereocenters. The lowest BCUT2D eigenvalue weighted by atomic mass is 9.98. The van der Waals surface area contributed by atoms with Gasteiger partial charge in [-0.1, -0.05) is 101 Å². The van der Waals surface area contributed by atoms with E-state index < -0.39 is 8.24 Å². The van der Waals surface area contributed by atoms with Crippen LogP contribution in [0.2, 0.25) is 13.1 Å². The minimum absolute atomic E-state index is 0.602. The highest BCUT2D eigenvalue weighted by Gasteiger charge is 2.39. The Morgan fingerprint density at radius 2 is 1.33 bits per heavy atom. The highest BCUT2D eigenvalue weighted by atomic mass is 28.3. The molecule has 4 rings (SSSR count). The minimum Gasteiger partial charge on any atom is -0.371 e. The summed E-state index contributed by atoms with van der Waals surface area (Å²) < 4.78 is 0. The highest BCUT2D eigenvalue weighted by molar-refractivity contribution is 6.77. The first-order valence-electron chi connectivity index (χ1n) is 13.0. The van der Waals surface area contributed by atoms with Gasteiger partial charge in [-0.2, -0.15) is 0 Å². The zero-order valence-electron chi connectivity index (χ0n) is 19.6. The molecular formula is C27H44N2Si. The van der Waals surface area contributed by atoms with E-state index in [0.717, 1.165) is 6.04 Å². The highest BCUT2D eigenvalue weighted by Crippen LogP contribution is 2.42. The molecule has 0 bridgehead atoms. The van der Waals surface area contributed by atoms with Crippen LogP contribution in [0.5, 0.6) is 0 Å². The second-order valence-corrected chi connectivity index (χ2v) is 15.0. The maximum Gasteiger partial charge on any atom is 0.131 e. The molecule has 0 radical (unpaired) electrons. The average Bonchev–Trinajstić information content (AvgIpc) is 3.38. The van der Waals surface area contributed by atoms with Crippen molar-refractivity contribution in [2.75, 3.05) is 13.1 Å². The Kier molecular flexibility index (Phi) is 7.75. The first kappa shape index (κ1) is 22.1. The monoisotopic (exact) mass is 424 g/mol. The van der Waals surface area contributed by atoms with Gasteiger partial charge in [-0.05, 0) is 31.2 Å². The Hall–Kier alpha value is -1.06. The molecule has 1 aromatic carbocycles. The number of hydrogen-bond donors (Lipinski definition) is 1. The van der Waals surface area contributed by atoms with Crippen LogP contribution >= 0.6 is 0 Å². The average molecular weight is 425 g/mol. The lowest BCUT2D eigenvalue weighted by molar-refractivity contribution is 0.442. The van der Waals surface area contributed by atoms with E-state index in [1.165, 1.54) is 108 Å². The first-order valence-corrected chi connectivity index (χ1v) is 16.1. The normalized spacial score (nSPS) is 24.8. The Bertz CT molecular complexity index is 693. The van der Waals surface area contributed by atoms with E-state index in [0.29, 0.717) is 5.54 Å². The fourth-order valence-electron chi connectivity index (χ4n) is 6.09. The van der Waals surface area contributed by atoms with Crippen molar-refractivity contribution in [3.05, 3.63) is 41.5 Å². The summed E-state index contributed by atoms with van der Waals surface area (Å²) in [5.74, 6) is 0. The molecular weight excluding hydrogens is 380 g/mol. The van der Waals surface area contributed by atoms with Crippen LogP contribution in [-0.2, 0) is 0 Å². The molecule has 1 aliphatic heterocycles. The predicted molar refractivity (Wildman–Crippen MR) is 133 cm³/mol. The quantitative estimate of drug-likeness (QED) is 0.513.